The Kier molecular flexibility index (Phi) is 6.00. The summed E-state index contributed by atoms with van der Waals surface area (Å²) < 4.78 is 0. The molecule has 0 saturated carbocycles. The van der Waals surface area contributed by atoms with Gasteiger partial charge in [-0.2, -0.15) is 5.26 Å². The summed E-state index contributed by atoms with van der Waals surface area (Å²) in [7, 11) is 0. The average molecular weight is 299 g/mol. The van der Waals surface area contributed by atoms with Crippen LogP contribution in [0.15, 0.2) is 11.4 Å². The van der Waals surface area contributed by atoms with E-state index in [4.69, 9.17) is 16.9 Å². The van der Waals surface area contributed by atoms with Crippen LogP contribution in [0, 0.1) is 17.2 Å². The van der Waals surface area contributed by atoms with Crippen molar-refractivity contribution in [3.63, 3.8) is 0 Å². The Labute approximate surface area is 121 Å². The number of halogens is 1. The minimum absolute atomic E-state index is 0.0905. The summed E-state index contributed by atoms with van der Waals surface area (Å²) in [5, 5.41) is 13.9. The first-order valence-corrected chi connectivity index (χ1v) is 7.15. The van der Waals surface area contributed by atoms with Gasteiger partial charge in [-0.15, -0.1) is 11.3 Å². The van der Waals surface area contributed by atoms with E-state index in [1.54, 1.807) is 31.4 Å². The molecule has 0 aliphatic rings. The van der Waals surface area contributed by atoms with Gasteiger partial charge in [-0.1, -0.05) is 11.6 Å². The Morgan fingerprint density at radius 1 is 1.53 bits per heavy atom. The van der Waals surface area contributed by atoms with Gasteiger partial charge in [-0.3, -0.25) is 9.59 Å². The minimum Gasteiger partial charge on any atom is -0.352 e. The lowest BCUT2D eigenvalue weighted by Crippen LogP contribution is -2.38. The molecular weight excluding hydrogens is 284 g/mol. The van der Waals surface area contributed by atoms with Gasteiger partial charge < -0.3 is 5.32 Å². The molecule has 1 atom stereocenters. The Balaban J connectivity index is 2.55. The zero-order chi connectivity index (χ0) is 14.4. The van der Waals surface area contributed by atoms with E-state index in [0.717, 1.165) is 4.88 Å². The Morgan fingerprint density at radius 3 is 2.68 bits per heavy atom. The molecule has 19 heavy (non-hydrogen) atoms. The second-order valence-corrected chi connectivity index (χ2v) is 5.86. The first-order chi connectivity index (χ1) is 8.93. The van der Waals surface area contributed by atoms with Crippen LogP contribution in [0.1, 0.15) is 25.1 Å². The molecule has 0 unspecified atom stereocenters. The molecule has 6 heteroatoms. The molecule has 0 fully saturated rings. The van der Waals surface area contributed by atoms with Crippen molar-refractivity contribution in [1.29, 1.82) is 5.26 Å². The molecule has 0 aromatic carbocycles. The quantitative estimate of drug-likeness (QED) is 0.821. The molecule has 1 amide bonds. The molecule has 0 aliphatic carbocycles. The summed E-state index contributed by atoms with van der Waals surface area (Å²) in [6.07, 6.45) is 0.671. The number of nitrogens with zero attached hydrogens (tertiary/aromatic N) is 1. The topological polar surface area (TPSA) is 70.0 Å². The van der Waals surface area contributed by atoms with Crippen molar-refractivity contribution >= 4 is 34.6 Å². The summed E-state index contributed by atoms with van der Waals surface area (Å²) in [6.45, 7) is 3.56. The van der Waals surface area contributed by atoms with Gasteiger partial charge in [0.05, 0.1) is 11.1 Å². The van der Waals surface area contributed by atoms with Crippen molar-refractivity contribution in [3.05, 3.63) is 21.3 Å². The van der Waals surface area contributed by atoms with Gasteiger partial charge >= 0.3 is 0 Å². The molecular formula is C13H15ClN2O2S. The van der Waals surface area contributed by atoms with Crippen molar-refractivity contribution < 1.29 is 9.59 Å². The molecule has 1 rings (SSSR count). The van der Waals surface area contributed by atoms with Crippen LogP contribution in [0.2, 0.25) is 5.02 Å². The number of hydrogen-bond donors (Lipinski definition) is 1. The lowest BCUT2D eigenvalue weighted by molar-refractivity contribution is -0.131. The summed E-state index contributed by atoms with van der Waals surface area (Å²) in [5.74, 6) is -2.10. The predicted octanol–water partition coefficient (Wildman–Crippen LogP) is 2.57. The fourth-order valence-corrected chi connectivity index (χ4v) is 2.60. The highest BCUT2D eigenvalue weighted by Gasteiger charge is 2.26. The first-order valence-electron chi connectivity index (χ1n) is 5.89. The SMILES string of the molecule is CC(C)NC(=O)[C@@H](C#N)C(=O)CCc1cc(Cl)cs1. The van der Waals surface area contributed by atoms with Gasteiger partial charge in [-0.05, 0) is 26.3 Å². The summed E-state index contributed by atoms with van der Waals surface area (Å²) >= 11 is 7.24. The number of thiophene rings is 1. The number of amides is 1. The molecule has 4 nitrogen and oxygen atoms in total. The molecule has 1 aromatic heterocycles. The smallest absolute Gasteiger partial charge is 0.245 e. The van der Waals surface area contributed by atoms with Crippen LogP contribution < -0.4 is 5.32 Å². The molecule has 0 bridgehead atoms. The first kappa shape index (κ1) is 15.7. The molecule has 1 aromatic rings. The maximum atomic E-state index is 11.9. The molecule has 0 spiro atoms. The van der Waals surface area contributed by atoms with Crippen molar-refractivity contribution in [2.45, 2.75) is 32.7 Å². The number of hydrogen-bond acceptors (Lipinski definition) is 4. The third-order valence-corrected chi connectivity index (χ3v) is 3.73. The third-order valence-electron chi connectivity index (χ3n) is 2.38. The van der Waals surface area contributed by atoms with E-state index in [1.165, 1.54) is 11.3 Å². The molecule has 102 valence electrons. The maximum Gasteiger partial charge on any atom is 0.245 e. The second-order valence-electron chi connectivity index (χ2n) is 4.42. The maximum absolute atomic E-state index is 11.9. The van der Waals surface area contributed by atoms with Gasteiger partial charge in [0.2, 0.25) is 5.91 Å². The number of aryl methyl sites for hydroxylation is 1. The van der Waals surface area contributed by atoms with Crippen LogP contribution >= 0.6 is 22.9 Å². The van der Waals surface area contributed by atoms with Crippen LogP contribution in [0.5, 0.6) is 0 Å². The monoisotopic (exact) mass is 298 g/mol. The van der Waals surface area contributed by atoms with E-state index in [-0.39, 0.29) is 18.2 Å². The van der Waals surface area contributed by atoms with E-state index >= 15 is 0 Å². The number of carbonyl (C=O) groups is 2. The number of Topliss-reactive ketones (excluding diaryl/α,β-unsaturated/α-hetero) is 1. The van der Waals surface area contributed by atoms with Crippen molar-refractivity contribution in [2.24, 2.45) is 5.92 Å². The van der Waals surface area contributed by atoms with E-state index < -0.39 is 11.8 Å². The normalized spacial score (nSPS) is 11.9. The van der Waals surface area contributed by atoms with Crippen LogP contribution in [-0.4, -0.2) is 17.7 Å². The van der Waals surface area contributed by atoms with Gasteiger partial charge in [-0.25, -0.2) is 0 Å². The summed E-state index contributed by atoms with van der Waals surface area (Å²) in [4.78, 5) is 24.5. The van der Waals surface area contributed by atoms with Crippen LogP contribution in [0.4, 0.5) is 0 Å². The molecule has 1 heterocycles. The predicted molar refractivity (Wildman–Crippen MR) is 75.0 cm³/mol. The Morgan fingerprint density at radius 2 is 2.21 bits per heavy atom. The van der Waals surface area contributed by atoms with Gasteiger partial charge in [0, 0.05) is 22.7 Å². The Bertz CT molecular complexity index is 505. The number of rotatable bonds is 6. The average Bonchev–Trinajstić information content (AvgIpc) is 2.72. The van der Waals surface area contributed by atoms with Crippen molar-refractivity contribution in [2.75, 3.05) is 0 Å². The van der Waals surface area contributed by atoms with Gasteiger partial charge in [0.1, 0.15) is 0 Å². The van der Waals surface area contributed by atoms with Crippen LogP contribution in [0.3, 0.4) is 0 Å². The van der Waals surface area contributed by atoms with E-state index in [9.17, 15) is 9.59 Å². The van der Waals surface area contributed by atoms with Crippen LogP contribution in [0.25, 0.3) is 0 Å². The van der Waals surface area contributed by atoms with Crippen molar-refractivity contribution in [1.82, 2.24) is 5.32 Å². The van der Waals surface area contributed by atoms with Crippen LogP contribution in [-0.2, 0) is 16.0 Å². The standard InChI is InChI=1S/C13H15ClN2O2S/c1-8(2)16-13(18)11(6-15)12(17)4-3-10-5-9(14)7-19-10/h5,7-8,11H,3-4H2,1-2H3,(H,16,18)/t11-/m0/s1. The summed E-state index contributed by atoms with van der Waals surface area (Å²) in [5.41, 5.74) is 0. The highest BCUT2D eigenvalue weighted by molar-refractivity contribution is 7.10. The minimum atomic E-state index is -1.22. The number of nitrogens with one attached hydrogen (secondary N) is 1. The molecule has 0 aliphatic heterocycles. The fourth-order valence-electron chi connectivity index (χ4n) is 1.52. The lowest BCUT2D eigenvalue weighted by atomic mass is 10.00. The van der Waals surface area contributed by atoms with Gasteiger partial charge in [0.15, 0.2) is 11.7 Å². The van der Waals surface area contributed by atoms with Crippen molar-refractivity contribution in [3.8, 4) is 6.07 Å². The summed E-state index contributed by atoms with van der Waals surface area (Å²) in [6, 6.07) is 3.46. The fraction of sp³-hybridized carbons (Fsp3) is 0.462. The molecule has 0 radical (unpaired) electrons. The lowest BCUT2D eigenvalue weighted by Gasteiger charge is -2.11. The zero-order valence-corrected chi connectivity index (χ0v) is 12.3. The highest BCUT2D eigenvalue weighted by atomic mass is 35.5. The number of nitriles is 1. The third kappa shape index (κ3) is 5.01. The highest BCUT2D eigenvalue weighted by Crippen LogP contribution is 2.20. The van der Waals surface area contributed by atoms with E-state index in [2.05, 4.69) is 5.32 Å². The number of carbonyl (C=O) groups excluding carboxylic acids is 2. The molecule has 1 N–H and O–H groups in total. The van der Waals surface area contributed by atoms with E-state index in [0.29, 0.717) is 11.4 Å². The number of ketones is 1. The molecule has 0 saturated heterocycles. The van der Waals surface area contributed by atoms with Gasteiger partial charge in [0.25, 0.3) is 0 Å². The van der Waals surface area contributed by atoms with E-state index in [1.807, 2.05) is 0 Å². The Hall–Kier alpha value is -1.38. The second kappa shape index (κ2) is 7.27. The largest absolute Gasteiger partial charge is 0.352 e. The zero-order valence-electron chi connectivity index (χ0n) is 10.8.